The van der Waals surface area contributed by atoms with Crippen LogP contribution in [0.1, 0.15) is 45.4 Å². The highest BCUT2D eigenvalue weighted by Gasteiger charge is 2.37. The highest BCUT2D eigenvalue weighted by atomic mass is 32.2. The van der Waals surface area contributed by atoms with Crippen molar-refractivity contribution in [3.05, 3.63) is 0 Å². The summed E-state index contributed by atoms with van der Waals surface area (Å²) in [5.74, 6) is 0.283. The van der Waals surface area contributed by atoms with E-state index in [1.165, 1.54) is 12.8 Å². The second kappa shape index (κ2) is 7.51. The summed E-state index contributed by atoms with van der Waals surface area (Å²) in [5.41, 5.74) is 0. The minimum Gasteiger partial charge on any atom is -0.341 e. The van der Waals surface area contributed by atoms with E-state index >= 15 is 0 Å². The van der Waals surface area contributed by atoms with Crippen molar-refractivity contribution in [1.29, 1.82) is 5.26 Å². The van der Waals surface area contributed by atoms with E-state index in [4.69, 9.17) is 0 Å². The van der Waals surface area contributed by atoms with Crippen molar-refractivity contribution < 1.29 is 4.79 Å². The number of amides is 1. The zero-order valence-electron chi connectivity index (χ0n) is 13.3. The quantitative estimate of drug-likeness (QED) is 0.803. The van der Waals surface area contributed by atoms with Crippen LogP contribution in [-0.4, -0.2) is 58.9 Å². The third-order valence-corrected chi connectivity index (χ3v) is 6.30. The number of nitriles is 1. The molecule has 5 heteroatoms. The molecule has 2 rings (SSSR count). The highest BCUT2D eigenvalue weighted by molar-refractivity contribution is 8.00. The maximum atomic E-state index is 12.7. The van der Waals surface area contributed by atoms with Crippen LogP contribution in [0.2, 0.25) is 0 Å². The second-order valence-corrected chi connectivity index (χ2v) is 7.45. The number of rotatable bonds is 3. The topological polar surface area (TPSA) is 47.3 Å². The maximum Gasteiger partial charge on any atom is 0.239 e. The number of likely N-dealkylation sites (tertiary alicyclic amines) is 2. The van der Waals surface area contributed by atoms with E-state index in [0.29, 0.717) is 0 Å². The Morgan fingerprint density at radius 3 is 2.19 bits per heavy atom. The molecular weight excluding hydrogens is 282 g/mol. The number of nitrogens with zero attached hydrogens (tertiary/aromatic N) is 3. The molecule has 0 radical (unpaired) electrons. The lowest BCUT2D eigenvalue weighted by atomic mass is 9.96. The van der Waals surface area contributed by atoms with Crippen molar-refractivity contribution in [3.63, 3.8) is 0 Å². The van der Waals surface area contributed by atoms with Gasteiger partial charge < -0.3 is 4.90 Å². The molecule has 2 saturated heterocycles. The molecule has 2 aliphatic rings. The SMILES string of the molecule is CSC1(C#N)CCN(C(C)C(=O)N2CCCCCC2)CC1. The van der Waals surface area contributed by atoms with E-state index < -0.39 is 0 Å². The normalized spacial score (nSPS) is 24.9. The fraction of sp³-hybridized carbons (Fsp3) is 0.875. The van der Waals surface area contributed by atoms with Gasteiger partial charge in [0.1, 0.15) is 4.75 Å². The lowest BCUT2D eigenvalue weighted by Crippen LogP contribution is -2.52. The molecule has 0 spiro atoms. The number of hydrogen-bond donors (Lipinski definition) is 0. The van der Waals surface area contributed by atoms with Crippen molar-refractivity contribution in [2.75, 3.05) is 32.4 Å². The molecular formula is C16H27N3OS. The first kappa shape index (κ1) is 16.6. The van der Waals surface area contributed by atoms with Crippen LogP contribution in [0.25, 0.3) is 0 Å². The van der Waals surface area contributed by atoms with Gasteiger partial charge in [-0.15, -0.1) is 11.8 Å². The van der Waals surface area contributed by atoms with Gasteiger partial charge in [-0.3, -0.25) is 9.69 Å². The third kappa shape index (κ3) is 3.92. The van der Waals surface area contributed by atoms with E-state index in [2.05, 4.69) is 15.9 Å². The second-order valence-electron chi connectivity index (χ2n) is 6.26. The minimum absolute atomic E-state index is 0.0401. The van der Waals surface area contributed by atoms with Crippen LogP contribution in [0.4, 0.5) is 0 Å². The van der Waals surface area contributed by atoms with Gasteiger partial charge in [-0.25, -0.2) is 0 Å². The average Bonchev–Trinajstić information content (AvgIpc) is 2.83. The lowest BCUT2D eigenvalue weighted by Gasteiger charge is -2.39. The van der Waals surface area contributed by atoms with E-state index in [-0.39, 0.29) is 16.7 Å². The zero-order chi connectivity index (χ0) is 15.3. The molecule has 0 saturated carbocycles. The Morgan fingerprint density at radius 1 is 1.14 bits per heavy atom. The van der Waals surface area contributed by atoms with Crippen molar-refractivity contribution in [2.45, 2.75) is 56.2 Å². The first-order valence-electron chi connectivity index (χ1n) is 8.11. The number of hydrogen-bond acceptors (Lipinski definition) is 4. The van der Waals surface area contributed by atoms with Crippen molar-refractivity contribution >= 4 is 17.7 Å². The predicted molar refractivity (Wildman–Crippen MR) is 87.2 cm³/mol. The molecule has 1 atom stereocenters. The third-order valence-electron chi connectivity index (χ3n) is 5.02. The monoisotopic (exact) mass is 309 g/mol. The molecule has 1 unspecified atom stereocenters. The van der Waals surface area contributed by atoms with Gasteiger partial charge in [0.05, 0.1) is 12.1 Å². The van der Waals surface area contributed by atoms with Crippen LogP contribution >= 0.6 is 11.8 Å². The summed E-state index contributed by atoms with van der Waals surface area (Å²) in [7, 11) is 0. The van der Waals surface area contributed by atoms with E-state index in [9.17, 15) is 10.1 Å². The highest BCUT2D eigenvalue weighted by Crippen LogP contribution is 2.34. The number of thioether (sulfide) groups is 1. The molecule has 21 heavy (non-hydrogen) atoms. The Bertz CT molecular complexity index is 391. The van der Waals surface area contributed by atoms with Crippen LogP contribution in [0.15, 0.2) is 0 Å². The van der Waals surface area contributed by atoms with Crippen LogP contribution in [0, 0.1) is 11.3 Å². The van der Waals surface area contributed by atoms with E-state index in [0.717, 1.165) is 51.9 Å². The van der Waals surface area contributed by atoms with Crippen molar-refractivity contribution in [2.24, 2.45) is 0 Å². The zero-order valence-corrected chi connectivity index (χ0v) is 14.1. The van der Waals surface area contributed by atoms with Gasteiger partial charge in [0.15, 0.2) is 0 Å². The van der Waals surface area contributed by atoms with Crippen molar-refractivity contribution in [3.8, 4) is 6.07 Å². The summed E-state index contributed by atoms with van der Waals surface area (Å²) in [5, 5.41) is 9.35. The van der Waals surface area contributed by atoms with Gasteiger partial charge in [-0.2, -0.15) is 5.26 Å². The molecule has 1 amide bonds. The summed E-state index contributed by atoms with van der Waals surface area (Å²) in [6.07, 6.45) is 8.53. The first-order chi connectivity index (χ1) is 10.1. The molecule has 118 valence electrons. The molecule has 2 fully saturated rings. The van der Waals surface area contributed by atoms with Gasteiger partial charge >= 0.3 is 0 Å². The van der Waals surface area contributed by atoms with Crippen LogP contribution < -0.4 is 0 Å². The first-order valence-corrected chi connectivity index (χ1v) is 9.33. The molecule has 0 aromatic rings. The Morgan fingerprint density at radius 2 is 1.71 bits per heavy atom. The molecule has 0 aromatic heterocycles. The summed E-state index contributed by atoms with van der Waals surface area (Å²) in [6.45, 7) is 5.59. The number of carbonyl (C=O) groups excluding carboxylic acids is 1. The molecule has 4 nitrogen and oxygen atoms in total. The minimum atomic E-state index is -0.234. The average molecular weight is 309 g/mol. The number of piperidine rings is 1. The van der Waals surface area contributed by atoms with Crippen LogP contribution in [0.5, 0.6) is 0 Å². The van der Waals surface area contributed by atoms with Crippen LogP contribution in [-0.2, 0) is 4.79 Å². The fourth-order valence-corrected chi connectivity index (χ4v) is 4.03. The maximum absolute atomic E-state index is 12.7. The Labute approximate surface area is 132 Å². The van der Waals surface area contributed by atoms with Crippen LogP contribution in [0.3, 0.4) is 0 Å². The summed E-state index contributed by atoms with van der Waals surface area (Å²) in [4.78, 5) is 17.0. The molecule has 2 aliphatic heterocycles. The summed E-state index contributed by atoms with van der Waals surface area (Å²) < 4.78 is -0.234. The molecule has 0 N–H and O–H groups in total. The molecule has 0 bridgehead atoms. The van der Waals surface area contributed by atoms with E-state index in [1.807, 2.05) is 13.2 Å². The fourth-order valence-electron chi connectivity index (χ4n) is 3.35. The lowest BCUT2D eigenvalue weighted by molar-refractivity contribution is -0.136. The largest absolute Gasteiger partial charge is 0.341 e. The Kier molecular flexibility index (Phi) is 5.95. The Balaban J connectivity index is 1.90. The van der Waals surface area contributed by atoms with E-state index in [1.54, 1.807) is 11.8 Å². The predicted octanol–water partition coefficient (Wildman–Crippen LogP) is 2.50. The molecule has 0 aliphatic carbocycles. The summed E-state index contributed by atoms with van der Waals surface area (Å²) in [6, 6.07) is 2.43. The standard InChI is InChI=1S/C16H27N3OS/c1-14(15(20)19-9-5-3-4-6-10-19)18-11-7-16(13-17,21-2)8-12-18/h14H,3-12H2,1-2H3. The smallest absolute Gasteiger partial charge is 0.239 e. The van der Waals surface area contributed by atoms with Crippen molar-refractivity contribution in [1.82, 2.24) is 9.80 Å². The summed E-state index contributed by atoms with van der Waals surface area (Å²) >= 11 is 1.66. The van der Waals surface area contributed by atoms with Gasteiger partial charge in [0.2, 0.25) is 5.91 Å². The Hall–Kier alpha value is -0.730. The van der Waals surface area contributed by atoms with Gasteiger partial charge in [0.25, 0.3) is 0 Å². The molecule has 2 heterocycles. The number of carbonyl (C=O) groups is 1. The van der Waals surface area contributed by atoms with Gasteiger partial charge in [-0.1, -0.05) is 12.8 Å². The van der Waals surface area contributed by atoms with Gasteiger partial charge in [0, 0.05) is 26.2 Å². The molecule has 0 aromatic carbocycles. The van der Waals surface area contributed by atoms with Gasteiger partial charge in [-0.05, 0) is 38.9 Å².